The van der Waals surface area contributed by atoms with Gasteiger partial charge in [-0.15, -0.1) is 10.2 Å². The molecule has 2 rings (SSSR count). The fourth-order valence-electron chi connectivity index (χ4n) is 1.31. The zero-order chi connectivity index (χ0) is 15.1. The van der Waals surface area contributed by atoms with E-state index in [-0.39, 0.29) is 10.7 Å². The highest BCUT2D eigenvalue weighted by atomic mass is 32.1. The molecule has 7 nitrogen and oxygen atoms in total. The van der Waals surface area contributed by atoms with Gasteiger partial charge in [0.2, 0.25) is 0 Å². The molecule has 2 aromatic heterocycles. The molecule has 1 N–H and O–H groups in total. The van der Waals surface area contributed by atoms with Gasteiger partial charge < -0.3 is 5.11 Å². The summed E-state index contributed by atoms with van der Waals surface area (Å²) in [6.07, 6.45) is 1.41. The highest BCUT2D eigenvalue weighted by Crippen LogP contribution is 2.11. The van der Waals surface area contributed by atoms with Gasteiger partial charge in [0.1, 0.15) is 4.88 Å². The molecule has 0 aromatic carbocycles. The van der Waals surface area contributed by atoms with E-state index in [1.165, 1.54) is 18.5 Å². The number of rotatable bonds is 4. The Hall–Kier alpha value is -1.74. The van der Waals surface area contributed by atoms with Gasteiger partial charge in [-0.25, -0.2) is 4.79 Å². The van der Waals surface area contributed by atoms with Crippen LogP contribution < -0.4 is 0 Å². The maximum absolute atomic E-state index is 10.8. The quantitative estimate of drug-likeness (QED) is 0.861. The van der Waals surface area contributed by atoms with E-state index < -0.39 is 5.97 Å². The number of Topliss-reactive ketones (excluding diaryl/α,β-unsaturated/α-hetero) is 1. The van der Waals surface area contributed by atoms with Crippen LogP contribution in [0.3, 0.4) is 0 Å². The lowest BCUT2D eigenvalue weighted by Crippen LogP contribution is -1.97. The molecular formula is C11H14N4O3S2. The molecule has 0 bridgehead atoms. The Morgan fingerprint density at radius 1 is 1.00 bits per heavy atom. The second-order valence-electron chi connectivity index (χ2n) is 3.67. The van der Waals surface area contributed by atoms with Crippen molar-refractivity contribution in [1.82, 2.24) is 19.2 Å². The first-order valence-electron chi connectivity index (χ1n) is 5.87. The topological polar surface area (TPSA) is 106 Å². The number of aromatic nitrogens is 4. The van der Waals surface area contributed by atoms with Crippen molar-refractivity contribution in [3.63, 3.8) is 0 Å². The van der Waals surface area contributed by atoms with E-state index in [9.17, 15) is 9.59 Å². The summed E-state index contributed by atoms with van der Waals surface area (Å²) in [5, 5.41) is 16.0. The molecule has 0 aliphatic rings. The van der Waals surface area contributed by atoms with Crippen LogP contribution in [0.15, 0.2) is 0 Å². The number of carbonyl (C=O) groups excluding carboxylic acids is 1. The van der Waals surface area contributed by atoms with Crippen LogP contribution in [0, 0.1) is 0 Å². The molecule has 0 unspecified atom stereocenters. The summed E-state index contributed by atoms with van der Waals surface area (Å²) < 4.78 is 7.21. The van der Waals surface area contributed by atoms with Crippen LogP contribution in [-0.2, 0) is 12.8 Å². The Morgan fingerprint density at radius 3 is 1.75 bits per heavy atom. The van der Waals surface area contributed by atoms with Crippen LogP contribution in [-0.4, -0.2) is 36.0 Å². The summed E-state index contributed by atoms with van der Waals surface area (Å²) in [6, 6.07) is 0. The van der Waals surface area contributed by atoms with Crippen molar-refractivity contribution in [3.05, 3.63) is 21.1 Å². The molecule has 0 saturated carbocycles. The lowest BCUT2D eigenvalue weighted by atomic mass is 10.2. The van der Waals surface area contributed by atoms with E-state index in [1.807, 2.05) is 13.8 Å². The Morgan fingerprint density at radius 2 is 1.45 bits per heavy atom. The first-order valence-corrected chi connectivity index (χ1v) is 7.42. The zero-order valence-corrected chi connectivity index (χ0v) is 12.9. The van der Waals surface area contributed by atoms with Crippen molar-refractivity contribution in [1.29, 1.82) is 0 Å². The summed E-state index contributed by atoms with van der Waals surface area (Å²) >= 11 is 2.09. The predicted octanol–water partition coefficient (Wildman–Crippen LogP) is 2.10. The maximum Gasteiger partial charge on any atom is 0.349 e. The SMILES string of the molecule is CCc1nnsc1C(=O)O.CCc1nnsc1C(C)=O. The number of carboxylic acid groups (broad SMARTS) is 1. The molecule has 0 aliphatic carbocycles. The third-order valence-corrected chi connectivity index (χ3v) is 3.92. The number of hydrogen-bond acceptors (Lipinski definition) is 8. The minimum Gasteiger partial charge on any atom is -0.477 e. The van der Waals surface area contributed by atoms with Crippen LogP contribution in [0.2, 0.25) is 0 Å². The summed E-state index contributed by atoms with van der Waals surface area (Å²) in [6.45, 7) is 5.35. The molecule has 108 valence electrons. The van der Waals surface area contributed by atoms with Crippen LogP contribution in [0.5, 0.6) is 0 Å². The van der Waals surface area contributed by atoms with Crippen molar-refractivity contribution >= 4 is 34.8 Å². The third-order valence-electron chi connectivity index (χ3n) is 2.30. The monoisotopic (exact) mass is 314 g/mol. The van der Waals surface area contributed by atoms with Crippen molar-refractivity contribution < 1.29 is 14.7 Å². The van der Waals surface area contributed by atoms with Crippen LogP contribution in [0.25, 0.3) is 0 Å². The van der Waals surface area contributed by atoms with Gasteiger partial charge in [-0.05, 0) is 35.9 Å². The zero-order valence-electron chi connectivity index (χ0n) is 11.3. The van der Waals surface area contributed by atoms with Crippen molar-refractivity contribution in [2.75, 3.05) is 0 Å². The van der Waals surface area contributed by atoms with Gasteiger partial charge in [0.25, 0.3) is 0 Å². The lowest BCUT2D eigenvalue weighted by Gasteiger charge is -1.88. The third kappa shape index (κ3) is 4.14. The van der Waals surface area contributed by atoms with E-state index in [4.69, 9.17) is 5.11 Å². The van der Waals surface area contributed by atoms with Crippen molar-refractivity contribution in [2.24, 2.45) is 0 Å². The normalized spacial score (nSPS) is 9.75. The number of carboxylic acids is 1. The van der Waals surface area contributed by atoms with Crippen molar-refractivity contribution in [2.45, 2.75) is 33.6 Å². The van der Waals surface area contributed by atoms with Gasteiger partial charge in [-0.3, -0.25) is 4.79 Å². The van der Waals surface area contributed by atoms with Gasteiger partial charge in [0.15, 0.2) is 10.7 Å². The van der Waals surface area contributed by atoms with E-state index in [1.54, 1.807) is 0 Å². The van der Waals surface area contributed by atoms with E-state index in [2.05, 4.69) is 19.2 Å². The summed E-state index contributed by atoms with van der Waals surface area (Å²) in [5.74, 6) is -0.876. The Labute approximate surface area is 124 Å². The Kier molecular flexibility index (Phi) is 6.32. The van der Waals surface area contributed by atoms with E-state index in [0.717, 1.165) is 23.6 Å². The van der Waals surface area contributed by atoms with Crippen LogP contribution in [0.1, 0.15) is 51.5 Å². The van der Waals surface area contributed by atoms with Crippen LogP contribution >= 0.6 is 23.1 Å². The van der Waals surface area contributed by atoms with Gasteiger partial charge in [0.05, 0.1) is 11.4 Å². The largest absolute Gasteiger partial charge is 0.477 e. The first kappa shape index (κ1) is 16.3. The minimum atomic E-state index is -0.938. The summed E-state index contributed by atoms with van der Waals surface area (Å²) in [5.41, 5.74) is 1.38. The standard InChI is InChI=1S/C6H8N2OS.C5H6N2O2S/c1-3-5-6(4(2)9)10-8-7-5;1-2-3-4(5(8)9)10-7-6-3/h3H2,1-2H3;2H2,1H3,(H,8,9). The molecule has 0 spiro atoms. The van der Waals surface area contributed by atoms with Gasteiger partial charge >= 0.3 is 5.97 Å². The predicted molar refractivity (Wildman–Crippen MR) is 75.5 cm³/mol. The Bertz CT molecular complexity index is 542. The van der Waals surface area contributed by atoms with Crippen molar-refractivity contribution in [3.8, 4) is 0 Å². The maximum atomic E-state index is 10.8. The summed E-state index contributed by atoms with van der Waals surface area (Å²) in [4.78, 5) is 22.1. The molecule has 0 fully saturated rings. The molecule has 9 heteroatoms. The highest BCUT2D eigenvalue weighted by Gasteiger charge is 2.12. The summed E-state index contributed by atoms with van der Waals surface area (Å²) in [7, 11) is 0. The van der Waals surface area contributed by atoms with E-state index in [0.29, 0.717) is 17.0 Å². The van der Waals surface area contributed by atoms with Crippen LogP contribution in [0.4, 0.5) is 0 Å². The smallest absolute Gasteiger partial charge is 0.349 e. The first-order chi connectivity index (χ1) is 9.51. The van der Waals surface area contributed by atoms with E-state index >= 15 is 0 Å². The number of aryl methyl sites for hydroxylation is 2. The molecule has 2 aromatic rings. The number of hydrogen-bond donors (Lipinski definition) is 1. The van der Waals surface area contributed by atoms with Gasteiger partial charge in [-0.2, -0.15) is 0 Å². The average molecular weight is 314 g/mol. The number of carbonyl (C=O) groups is 2. The van der Waals surface area contributed by atoms with Gasteiger partial charge in [0, 0.05) is 6.92 Å². The molecule has 0 aliphatic heterocycles. The minimum absolute atomic E-state index is 0.0619. The molecule has 0 radical (unpaired) electrons. The molecule has 20 heavy (non-hydrogen) atoms. The number of aromatic carboxylic acids is 1. The fraction of sp³-hybridized carbons (Fsp3) is 0.455. The fourth-order valence-corrected chi connectivity index (χ4v) is 2.54. The second-order valence-corrected chi connectivity index (χ2v) is 5.17. The molecular weight excluding hydrogens is 300 g/mol. The number of nitrogens with zero attached hydrogens (tertiary/aromatic N) is 4. The highest BCUT2D eigenvalue weighted by molar-refractivity contribution is 7.08. The second kappa shape index (κ2) is 7.75. The molecule has 0 atom stereocenters. The Balaban J connectivity index is 0.000000200. The lowest BCUT2D eigenvalue weighted by molar-refractivity contribution is 0.0700. The molecule has 2 heterocycles. The number of ketones is 1. The average Bonchev–Trinajstić information content (AvgIpc) is 3.07. The van der Waals surface area contributed by atoms with Gasteiger partial charge in [-0.1, -0.05) is 22.8 Å². The molecule has 0 saturated heterocycles. The molecule has 0 amide bonds.